The van der Waals surface area contributed by atoms with Crippen molar-refractivity contribution in [2.45, 2.75) is 20.0 Å². The third-order valence-electron chi connectivity index (χ3n) is 5.25. The number of carbonyl (C=O) groups excluding carboxylic acids is 2. The topological polar surface area (TPSA) is 95.6 Å². The minimum atomic E-state index is -0.435. The Kier molecular flexibility index (Phi) is 6.41. The smallest absolute Gasteiger partial charge is 0.278 e. The van der Waals surface area contributed by atoms with Crippen LogP contribution in [0, 0.1) is 0 Å². The summed E-state index contributed by atoms with van der Waals surface area (Å²) in [4.78, 5) is 27.9. The van der Waals surface area contributed by atoms with Crippen LogP contribution in [0.4, 0.5) is 5.69 Å². The van der Waals surface area contributed by atoms with Crippen molar-refractivity contribution in [2.75, 3.05) is 39.5 Å². The van der Waals surface area contributed by atoms with Gasteiger partial charge in [-0.2, -0.15) is 0 Å². The lowest BCUT2D eigenvalue weighted by Gasteiger charge is -2.16. The highest BCUT2D eigenvalue weighted by atomic mass is 16.7. The lowest BCUT2D eigenvalue weighted by Crippen LogP contribution is -2.35. The molecule has 0 aliphatic carbocycles. The molecular formula is C24H26N2O7. The molecule has 2 aliphatic rings. The summed E-state index contributed by atoms with van der Waals surface area (Å²) in [6.45, 7) is 4.31. The standard InChI is InChI=1S/C24H26N2O7/c1-14(2)31-10-9-26-23(27)21(15-5-7-17(29-3)19(11-15)30-4)22(24(26)28)25-16-6-8-18-20(12-16)33-13-32-18/h5-8,11-12,14,25H,9-10,13H2,1-4H3. The number of nitrogens with zero attached hydrogens (tertiary/aromatic N) is 1. The van der Waals surface area contributed by atoms with Gasteiger partial charge >= 0.3 is 0 Å². The Labute approximate surface area is 191 Å². The number of methoxy groups -OCH3 is 2. The number of hydrogen-bond acceptors (Lipinski definition) is 8. The van der Waals surface area contributed by atoms with E-state index in [1.165, 1.54) is 19.1 Å². The van der Waals surface area contributed by atoms with Gasteiger partial charge in [0, 0.05) is 11.8 Å². The normalized spacial score (nSPS) is 15.0. The average Bonchev–Trinajstić information content (AvgIpc) is 3.36. The molecule has 0 atom stereocenters. The minimum absolute atomic E-state index is 0.0117. The van der Waals surface area contributed by atoms with Gasteiger partial charge < -0.3 is 29.0 Å². The van der Waals surface area contributed by atoms with Crippen LogP contribution in [0.15, 0.2) is 42.1 Å². The molecule has 2 aromatic carbocycles. The summed E-state index contributed by atoms with van der Waals surface area (Å²) in [5.41, 5.74) is 1.52. The first kappa shape index (κ1) is 22.5. The summed E-state index contributed by atoms with van der Waals surface area (Å²) < 4.78 is 27.0. The Morgan fingerprint density at radius 1 is 0.970 bits per heavy atom. The lowest BCUT2D eigenvalue weighted by atomic mass is 10.0. The number of benzene rings is 2. The molecule has 0 aromatic heterocycles. The number of rotatable bonds is 9. The molecule has 0 spiro atoms. The summed E-state index contributed by atoms with van der Waals surface area (Å²) in [6, 6.07) is 10.3. The van der Waals surface area contributed by atoms with Crippen LogP contribution >= 0.6 is 0 Å². The zero-order chi connectivity index (χ0) is 23.5. The van der Waals surface area contributed by atoms with E-state index in [1.807, 2.05) is 13.8 Å². The van der Waals surface area contributed by atoms with Crippen LogP contribution in [0.25, 0.3) is 5.57 Å². The van der Waals surface area contributed by atoms with Crippen molar-refractivity contribution in [2.24, 2.45) is 0 Å². The molecule has 0 radical (unpaired) electrons. The monoisotopic (exact) mass is 454 g/mol. The first-order valence-corrected chi connectivity index (χ1v) is 10.5. The number of imide groups is 1. The highest BCUT2D eigenvalue weighted by Gasteiger charge is 2.39. The quantitative estimate of drug-likeness (QED) is 0.578. The van der Waals surface area contributed by atoms with Crippen molar-refractivity contribution >= 4 is 23.1 Å². The van der Waals surface area contributed by atoms with Crippen molar-refractivity contribution < 1.29 is 33.3 Å². The number of ether oxygens (including phenoxy) is 5. The van der Waals surface area contributed by atoms with Crippen LogP contribution in [0.1, 0.15) is 19.4 Å². The Balaban J connectivity index is 1.72. The van der Waals surface area contributed by atoms with Crippen LogP contribution in [0.2, 0.25) is 0 Å². The molecule has 0 fully saturated rings. The largest absolute Gasteiger partial charge is 0.493 e. The Bertz CT molecular complexity index is 1110. The zero-order valence-electron chi connectivity index (χ0n) is 19.0. The van der Waals surface area contributed by atoms with Crippen LogP contribution in [0.5, 0.6) is 23.0 Å². The second-order valence-electron chi connectivity index (χ2n) is 7.69. The van der Waals surface area contributed by atoms with E-state index in [0.717, 1.165) is 0 Å². The second-order valence-corrected chi connectivity index (χ2v) is 7.69. The molecule has 2 aromatic rings. The maximum Gasteiger partial charge on any atom is 0.278 e. The summed E-state index contributed by atoms with van der Waals surface area (Å²) in [7, 11) is 3.04. The van der Waals surface area contributed by atoms with Crippen molar-refractivity contribution in [1.29, 1.82) is 0 Å². The molecule has 0 bridgehead atoms. The fourth-order valence-electron chi connectivity index (χ4n) is 3.65. The van der Waals surface area contributed by atoms with Gasteiger partial charge in [0.2, 0.25) is 6.79 Å². The fraction of sp³-hybridized carbons (Fsp3) is 0.333. The van der Waals surface area contributed by atoms with Crippen molar-refractivity contribution in [3.05, 3.63) is 47.7 Å². The molecule has 1 N–H and O–H groups in total. The molecule has 0 saturated heterocycles. The predicted octanol–water partition coefficient (Wildman–Crippen LogP) is 3.05. The van der Waals surface area contributed by atoms with Gasteiger partial charge in [-0.15, -0.1) is 0 Å². The van der Waals surface area contributed by atoms with Gasteiger partial charge in [0.1, 0.15) is 5.70 Å². The van der Waals surface area contributed by atoms with E-state index in [9.17, 15) is 9.59 Å². The van der Waals surface area contributed by atoms with Crippen molar-refractivity contribution in [3.8, 4) is 23.0 Å². The van der Waals surface area contributed by atoms with Gasteiger partial charge in [-0.3, -0.25) is 14.5 Å². The number of anilines is 1. The predicted molar refractivity (Wildman–Crippen MR) is 120 cm³/mol. The number of carbonyl (C=O) groups is 2. The van der Waals surface area contributed by atoms with Gasteiger partial charge in [0.05, 0.1) is 39.0 Å². The molecule has 0 saturated carbocycles. The Hall–Kier alpha value is -3.72. The summed E-state index contributed by atoms with van der Waals surface area (Å²) in [5, 5.41) is 3.11. The van der Waals surface area contributed by atoms with Crippen molar-refractivity contribution in [1.82, 2.24) is 4.90 Å². The van der Waals surface area contributed by atoms with Crippen molar-refractivity contribution in [3.63, 3.8) is 0 Å². The fourth-order valence-corrected chi connectivity index (χ4v) is 3.65. The van der Waals surface area contributed by atoms with E-state index in [2.05, 4.69) is 5.32 Å². The van der Waals surface area contributed by atoms with E-state index < -0.39 is 11.8 Å². The maximum atomic E-state index is 13.4. The van der Waals surface area contributed by atoms with Gasteiger partial charge in [-0.05, 0) is 43.7 Å². The molecule has 4 rings (SSSR count). The highest BCUT2D eigenvalue weighted by molar-refractivity contribution is 6.36. The molecule has 174 valence electrons. The third-order valence-corrected chi connectivity index (χ3v) is 5.25. The van der Waals surface area contributed by atoms with Crippen LogP contribution < -0.4 is 24.3 Å². The second kappa shape index (κ2) is 9.41. The van der Waals surface area contributed by atoms with E-state index in [0.29, 0.717) is 34.2 Å². The minimum Gasteiger partial charge on any atom is -0.493 e. The molecule has 2 aliphatic heterocycles. The van der Waals surface area contributed by atoms with E-state index in [-0.39, 0.29) is 37.3 Å². The number of amides is 2. The molecule has 9 heteroatoms. The summed E-state index contributed by atoms with van der Waals surface area (Å²) in [6.07, 6.45) is -0.0117. The maximum absolute atomic E-state index is 13.4. The number of hydrogen-bond donors (Lipinski definition) is 1. The van der Waals surface area contributed by atoms with Gasteiger partial charge in [0.15, 0.2) is 23.0 Å². The van der Waals surface area contributed by atoms with E-state index in [1.54, 1.807) is 36.4 Å². The average molecular weight is 454 g/mol. The Morgan fingerprint density at radius 3 is 2.45 bits per heavy atom. The SMILES string of the molecule is COc1ccc(C2=C(Nc3ccc4c(c3)OCO4)C(=O)N(CCOC(C)C)C2=O)cc1OC. The van der Waals surface area contributed by atoms with E-state index in [4.69, 9.17) is 23.7 Å². The highest BCUT2D eigenvalue weighted by Crippen LogP contribution is 2.38. The van der Waals surface area contributed by atoms with Crippen LogP contribution in [0.3, 0.4) is 0 Å². The van der Waals surface area contributed by atoms with Gasteiger partial charge in [-0.1, -0.05) is 6.07 Å². The lowest BCUT2D eigenvalue weighted by molar-refractivity contribution is -0.137. The van der Waals surface area contributed by atoms with E-state index >= 15 is 0 Å². The summed E-state index contributed by atoms with van der Waals surface area (Å²) >= 11 is 0. The Morgan fingerprint density at radius 2 is 1.73 bits per heavy atom. The van der Waals surface area contributed by atoms with Crippen LogP contribution in [-0.2, 0) is 14.3 Å². The zero-order valence-corrected chi connectivity index (χ0v) is 19.0. The molecule has 2 heterocycles. The first-order chi connectivity index (χ1) is 15.9. The van der Waals surface area contributed by atoms with Gasteiger partial charge in [-0.25, -0.2) is 0 Å². The third kappa shape index (κ3) is 4.45. The number of fused-ring (bicyclic) bond motifs is 1. The number of nitrogens with one attached hydrogen (secondary N) is 1. The molecule has 0 unspecified atom stereocenters. The molecular weight excluding hydrogens is 428 g/mol. The summed E-state index contributed by atoms with van der Waals surface area (Å²) in [5.74, 6) is 1.30. The van der Waals surface area contributed by atoms with Gasteiger partial charge in [0.25, 0.3) is 11.8 Å². The molecule has 9 nitrogen and oxygen atoms in total. The molecule has 33 heavy (non-hydrogen) atoms. The van der Waals surface area contributed by atoms with Crippen LogP contribution in [-0.4, -0.2) is 57.0 Å². The first-order valence-electron chi connectivity index (χ1n) is 10.5. The molecule has 2 amide bonds.